The Balaban J connectivity index is 1.76. The highest BCUT2D eigenvalue weighted by atomic mass is 16.5. The summed E-state index contributed by atoms with van der Waals surface area (Å²) in [5.74, 6) is -0.414. The second-order valence-corrected chi connectivity index (χ2v) is 9.38. The van der Waals surface area contributed by atoms with Gasteiger partial charge in [-0.3, -0.25) is 4.79 Å². The first-order chi connectivity index (χ1) is 18.3. The molecule has 8 heteroatoms. The number of allylic oxidation sites excluding steroid dienone is 3. The summed E-state index contributed by atoms with van der Waals surface area (Å²) in [6.45, 7) is 4.04. The fourth-order valence-corrected chi connectivity index (χ4v) is 5.19. The van der Waals surface area contributed by atoms with Gasteiger partial charge in [0.1, 0.15) is 0 Å². The Hall–Kier alpha value is -4.07. The summed E-state index contributed by atoms with van der Waals surface area (Å²) in [4.78, 5) is 39.0. The van der Waals surface area contributed by atoms with E-state index >= 15 is 0 Å². The molecule has 2 aliphatic rings. The van der Waals surface area contributed by atoms with E-state index in [1.807, 2.05) is 32.0 Å². The van der Waals surface area contributed by atoms with E-state index in [1.165, 1.54) is 7.11 Å². The molecule has 0 saturated carbocycles. The Bertz CT molecular complexity index is 1310. The van der Waals surface area contributed by atoms with E-state index in [4.69, 9.17) is 18.9 Å². The number of esters is 2. The quantitative estimate of drug-likeness (QED) is 0.496. The second kappa shape index (κ2) is 11.5. The maximum Gasteiger partial charge on any atom is 0.337 e. The van der Waals surface area contributed by atoms with Crippen molar-refractivity contribution in [3.63, 3.8) is 0 Å². The third-order valence-corrected chi connectivity index (χ3v) is 7.03. The molecule has 1 heterocycles. The molecule has 200 valence electrons. The van der Waals surface area contributed by atoms with Gasteiger partial charge in [-0.15, -0.1) is 0 Å². The van der Waals surface area contributed by atoms with Gasteiger partial charge in [0.2, 0.25) is 0 Å². The Morgan fingerprint density at radius 1 is 0.921 bits per heavy atom. The number of rotatable bonds is 8. The van der Waals surface area contributed by atoms with Gasteiger partial charge >= 0.3 is 11.9 Å². The van der Waals surface area contributed by atoms with Gasteiger partial charge in [-0.05, 0) is 61.1 Å². The fraction of sp³-hybridized carbons (Fsp3) is 0.367. The molecule has 0 fully saturated rings. The first kappa shape index (κ1) is 27.0. The number of dihydropyridines is 1. The molecule has 2 atom stereocenters. The lowest BCUT2D eigenvalue weighted by Crippen LogP contribution is -2.36. The second-order valence-electron chi connectivity index (χ2n) is 9.38. The molecule has 0 unspecified atom stereocenters. The number of nitrogens with one attached hydrogen (secondary N) is 1. The van der Waals surface area contributed by atoms with E-state index in [2.05, 4.69) is 5.32 Å². The fourth-order valence-electron chi connectivity index (χ4n) is 5.19. The molecule has 1 aliphatic carbocycles. The molecule has 1 aliphatic heterocycles. The summed E-state index contributed by atoms with van der Waals surface area (Å²) < 4.78 is 21.2. The molecule has 0 bridgehead atoms. The van der Waals surface area contributed by atoms with Crippen LogP contribution in [0.15, 0.2) is 65.0 Å². The first-order valence-corrected chi connectivity index (χ1v) is 12.6. The Morgan fingerprint density at radius 3 is 2.24 bits per heavy atom. The highest BCUT2D eigenvalue weighted by molar-refractivity contribution is 6.04. The van der Waals surface area contributed by atoms with Crippen LogP contribution in [0.1, 0.15) is 66.4 Å². The lowest BCUT2D eigenvalue weighted by molar-refractivity contribution is -0.139. The van der Waals surface area contributed by atoms with Gasteiger partial charge in [0, 0.05) is 29.3 Å². The molecule has 0 saturated heterocycles. The molecular formula is C30H33NO7. The third kappa shape index (κ3) is 5.16. The maximum atomic E-state index is 13.8. The molecule has 38 heavy (non-hydrogen) atoms. The standard InChI is InChI=1S/C30H33NO7/c1-6-13-38-30(34)26-17(2)31-22-14-21(20-11-12-24(35-3)25(16-20)36-4)15-23(32)28(22)27(26)18-7-9-19(10-8-18)29(33)37-5/h7-12,16,21,27,31H,6,13-15H2,1-5H3/t21-,27+/m0/s1. The predicted octanol–water partition coefficient (Wildman–Crippen LogP) is 4.81. The average Bonchev–Trinajstić information content (AvgIpc) is 2.94. The van der Waals surface area contributed by atoms with Gasteiger partial charge in [0.25, 0.3) is 0 Å². The lowest BCUT2D eigenvalue weighted by atomic mass is 9.71. The van der Waals surface area contributed by atoms with Crippen LogP contribution in [-0.4, -0.2) is 45.7 Å². The number of carbonyl (C=O) groups excluding carboxylic acids is 3. The van der Waals surface area contributed by atoms with E-state index < -0.39 is 17.9 Å². The largest absolute Gasteiger partial charge is 0.493 e. The highest BCUT2D eigenvalue weighted by Gasteiger charge is 2.41. The predicted molar refractivity (Wildman–Crippen MR) is 141 cm³/mol. The molecule has 1 N–H and O–H groups in total. The zero-order valence-electron chi connectivity index (χ0n) is 22.4. The van der Waals surface area contributed by atoms with Gasteiger partial charge in [0.05, 0.1) is 39.1 Å². The van der Waals surface area contributed by atoms with Gasteiger partial charge < -0.3 is 24.3 Å². The number of hydrogen-bond donors (Lipinski definition) is 1. The molecule has 0 amide bonds. The zero-order valence-corrected chi connectivity index (χ0v) is 22.4. The summed E-state index contributed by atoms with van der Waals surface area (Å²) in [6, 6.07) is 12.5. The van der Waals surface area contributed by atoms with Crippen LogP contribution >= 0.6 is 0 Å². The van der Waals surface area contributed by atoms with E-state index in [1.54, 1.807) is 38.5 Å². The van der Waals surface area contributed by atoms with Gasteiger partial charge in [-0.1, -0.05) is 25.1 Å². The molecule has 2 aromatic carbocycles. The van der Waals surface area contributed by atoms with Crippen LogP contribution in [0.4, 0.5) is 0 Å². The normalized spacial score (nSPS) is 18.9. The van der Waals surface area contributed by atoms with Crippen molar-refractivity contribution in [2.24, 2.45) is 0 Å². The number of carbonyl (C=O) groups is 3. The lowest BCUT2D eigenvalue weighted by Gasteiger charge is -2.36. The van der Waals surface area contributed by atoms with E-state index in [0.717, 1.165) is 16.8 Å². The van der Waals surface area contributed by atoms with Crippen LogP contribution in [0.25, 0.3) is 0 Å². The van der Waals surface area contributed by atoms with E-state index in [0.29, 0.717) is 46.7 Å². The molecule has 2 aromatic rings. The molecule has 0 aromatic heterocycles. The van der Waals surface area contributed by atoms with Crippen molar-refractivity contribution in [1.29, 1.82) is 0 Å². The van der Waals surface area contributed by atoms with Crippen molar-refractivity contribution in [1.82, 2.24) is 5.32 Å². The van der Waals surface area contributed by atoms with Crippen molar-refractivity contribution in [2.75, 3.05) is 27.9 Å². The maximum absolute atomic E-state index is 13.8. The van der Waals surface area contributed by atoms with Crippen LogP contribution < -0.4 is 14.8 Å². The number of Topliss-reactive ketones (excluding diaryl/α,β-unsaturated/α-hetero) is 1. The molecule has 4 rings (SSSR count). The van der Waals surface area contributed by atoms with Gasteiger partial charge in [0.15, 0.2) is 17.3 Å². The zero-order chi connectivity index (χ0) is 27.4. The number of hydrogen-bond acceptors (Lipinski definition) is 8. The summed E-state index contributed by atoms with van der Waals surface area (Å²) in [7, 11) is 4.49. The molecule has 0 radical (unpaired) electrons. The molecular weight excluding hydrogens is 486 g/mol. The summed E-state index contributed by atoms with van der Waals surface area (Å²) in [5.41, 5.74) is 4.48. The summed E-state index contributed by atoms with van der Waals surface area (Å²) in [6.07, 6.45) is 1.55. The monoisotopic (exact) mass is 519 g/mol. The van der Waals surface area contributed by atoms with Crippen LogP contribution in [0.2, 0.25) is 0 Å². The smallest absolute Gasteiger partial charge is 0.337 e. The third-order valence-electron chi connectivity index (χ3n) is 7.03. The van der Waals surface area contributed by atoms with Crippen LogP contribution in [0.5, 0.6) is 11.5 Å². The van der Waals surface area contributed by atoms with Gasteiger partial charge in [-0.2, -0.15) is 0 Å². The average molecular weight is 520 g/mol. The van der Waals surface area contributed by atoms with Crippen molar-refractivity contribution < 1.29 is 33.3 Å². The minimum atomic E-state index is -0.610. The highest BCUT2D eigenvalue weighted by Crippen LogP contribution is 2.46. The van der Waals surface area contributed by atoms with E-state index in [-0.39, 0.29) is 24.7 Å². The summed E-state index contributed by atoms with van der Waals surface area (Å²) in [5, 5.41) is 3.35. The number of ketones is 1. The molecule has 0 spiro atoms. The summed E-state index contributed by atoms with van der Waals surface area (Å²) >= 11 is 0. The Kier molecular flexibility index (Phi) is 8.20. The van der Waals surface area contributed by atoms with Crippen molar-refractivity contribution in [3.8, 4) is 11.5 Å². The van der Waals surface area contributed by atoms with Crippen LogP contribution in [0.3, 0.4) is 0 Å². The van der Waals surface area contributed by atoms with Crippen LogP contribution in [0, 0.1) is 0 Å². The number of methoxy groups -OCH3 is 3. The number of benzene rings is 2. The van der Waals surface area contributed by atoms with Gasteiger partial charge in [-0.25, -0.2) is 9.59 Å². The topological polar surface area (TPSA) is 100 Å². The minimum Gasteiger partial charge on any atom is -0.493 e. The van der Waals surface area contributed by atoms with E-state index in [9.17, 15) is 14.4 Å². The first-order valence-electron chi connectivity index (χ1n) is 12.6. The number of ether oxygens (including phenoxy) is 4. The van der Waals surface area contributed by atoms with Crippen molar-refractivity contribution in [3.05, 3.63) is 81.7 Å². The molecule has 8 nitrogen and oxygen atoms in total. The Morgan fingerprint density at radius 2 is 1.61 bits per heavy atom. The SMILES string of the molecule is CCCOC(=O)C1=C(C)NC2=C(C(=O)C[C@@H](c3ccc(OC)c(OC)c3)C2)[C@@H]1c1ccc(C(=O)OC)cc1. The minimum absolute atomic E-state index is 0.0473. The van der Waals surface area contributed by atoms with Crippen molar-refractivity contribution >= 4 is 17.7 Å². The van der Waals surface area contributed by atoms with Crippen LogP contribution in [-0.2, 0) is 19.1 Å². The Labute approximate surface area is 222 Å². The van der Waals surface area contributed by atoms with Crippen molar-refractivity contribution in [2.45, 2.75) is 44.9 Å².